The van der Waals surface area contributed by atoms with Gasteiger partial charge in [0.25, 0.3) is 5.91 Å². The third kappa shape index (κ3) is 2.72. The van der Waals surface area contributed by atoms with Crippen molar-refractivity contribution < 1.29 is 4.79 Å². The number of rotatable bonds is 4. The van der Waals surface area contributed by atoms with Crippen LogP contribution in [0.3, 0.4) is 0 Å². The molecule has 4 aromatic rings. The molecule has 150 valence electrons. The monoisotopic (exact) mass is 417 g/mol. The molecule has 0 aliphatic heterocycles. The van der Waals surface area contributed by atoms with E-state index >= 15 is 0 Å². The Hall–Kier alpha value is -3.51. The molecule has 0 bridgehead atoms. The van der Waals surface area contributed by atoms with Gasteiger partial charge in [0.1, 0.15) is 16.6 Å². The minimum atomic E-state index is -0.313. The molecule has 4 aromatic heterocycles. The summed E-state index contributed by atoms with van der Waals surface area (Å²) in [7, 11) is 0. The Kier molecular flexibility index (Phi) is 4.37. The SMILES string of the molecule is CCn1ncc(-c2ccnc3c(C(=O)Nc4sc5c(c4C#N)CCC5)cnn23)c1C. The largest absolute Gasteiger partial charge is 0.312 e. The van der Waals surface area contributed by atoms with Gasteiger partial charge in [-0.25, -0.2) is 9.50 Å². The summed E-state index contributed by atoms with van der Waals surface area (Å²) in [5.41, 5.74) is 5.31. The summed E-state index contributed by atoms with van der Waals surface area (Å²) >= 11 is 1.50. The third-order valence-corrected chi connectivity index (χ3v) is 6.79. The van der Waals surface area contributed by atoms with Gasteiger partial charge in [-0.3, -0.25) is 9.48 Å². The lowest BCUT2D eigenvalue weighted by molar-refractivity contribution is 0.102. The number of hydrogen-bond acceptors (Lipinski definition) is 6. The Bertz CT molecular complexity index is 1340. The van der Waals surface area contributed by atoms with Crippen LogP contribution >= 0.6 is 11.3 Å². The van der Waals surface area contributed by atoms with Crippen molar-refractivity contribution in [1.29, 1.82) is 5.26 Å². The second kappa shape index (κ2) is 7.07. The zero-order valence-corrected chi connectivity index (χ0v) is 17.5. The summed E-state index contributed by atoms with van der Waals surface area (Å²) in [6, 6.07) is 4.12. The first-order valence-corrected chi connectivity index (χ1v) is 10.7. The van der Waals surface area contributed by atoms with Crippen molar-refractivity contribution in [2.24, 2.45) is 0 Å². The molecular formula is C21H19N7OS. The second-order valence-corrected chi connectivity index (χ2v) is 8.32. The number of aryl methyl sites for hydroxylation is 2. The number of thiophene rings is 1. The highest BCUT2D eigenvalue weighted by Gasteiger charge is 2.25. The van der Waals surface area contributed by atoms with Gasteiger partial charge in [0, 0.05) is 28.9 Å². The minimum Gasteiger partial charge on any atom is -0.312 e. The zero-order valence-electron chi connectivity index (χ0n) is 16.6. The van der Waals surface area contributed by atoms with Gasteiger partial charge in [-0.2, -0.15) is 15.5 Å². The normalized spacial score (nSPS) is 12.8. The van der Waals surface area contributed by atoms with E-state index in [1.165, 1.54) is 22.4 Å². The van der Waals surface area contributed by atoms with Crippen molar-refractivity contribution in [3.05, 3.63) is 51.9 Å². The summed E-state index contributed by atoms with van der Waals surface area (Å²) in [6.07, 6.45) is 7.94. The van der Waals surface area contributed by atoms with Gasteiger partial charge in [0.2, 0.25) is 0 Å². The average molecular weight is 417 g/mol. The Labute approximate surface area is 176 Å². The molecule has 5 rings (SSSR count). The van der Waals surface area contributed by atoms with E-state index in [0.29, 0.717) is 21.8 Å². The van der Waals surface area contributed by atoms with Crippen LogP contribution in [0.4, 0.5) is 5.00 Å². The molecular weight excluding hydrogens is 398 g/mol. The van der Waals surface area contributed by atoms with Crippen molar-refractivity contribution in [2.45, 2.75) is 39.7 Å². The first-order chi connectivity index (χ1) is 14.6. The van der Waals surface area contributed by atoms with E-state index in [0.717, 1.165) is 48.3 Å². The summed E-state index contributed by atoms with van der Waals surface area (Å²) in [5, 5.41) is 21.9. The molecule has 30 heavy (non-hydrogen) atoms. The van der Waals surface area contributed by atoms with Crippen molar-refractivity contribution in [3.63, 3.8) is 0 Å². The van der Waals surface area contributed by atoms with Crippen LogP contribution in [0.25, 0.3) is 16.9 Å². The molecule has 0 saturated carbocycles. The Morgan fingerprint density at radius 1 is 1.33 bits per heavy atom. The highest BCUT2D eigenvalue weighted by atomic mass is 32.1. The lowest BCUT2D eigenvalue weighted by atomic mass is 10.1. The standard InChI is InChI=1S/C21H19N7OS/c1-3-27-12(2)15(10-24-27)17-7-8-23-19-16(11-25-28(17)19)20(29)26-21-14(9-22)13-5-4-6-18(13)30-21/h7-8,10-11H,3-6H2,1-2H3,(H,26,29). The van der Waals surface area contributed by atoms with E-state index in [4.69, 9.17) is 0 Å². The van der Waals surface area contributed by atoms with Crippen LogP contribution in [0.1, 0.15) is 45.4 Å². The maximum Gasteiger partial charge on any atom is 0.261 e. The summed E-state index contributed by atoms with van der Waals surface area (Å²) in [4.78, 5) is 18.6. The maximum atomic E-state index is 13.0. The Balaban J connectivity index is 1.53. The van der Waals surface area contributed by atoms with Gasteiger partial charge in [-0.1, -0.05) is 0 Å². The van der Waals surface area contributed by atoms with Crippen molar-refractivity contribution in [2.75, 3.05) is 5.32 Å². The number of anilines is 1. The predicted molar refractivity (Wildman–Crippen MR) is 114 cm³/mol. The number of fused-ring (bicyclic) bond motifs is 2. The molecule has 0 radical (unpaired) electrons. The van der Waals surface area contributed by atoms with E-state index in [2.05, 4.69) is 26.6 Å². The number of carbonyl (C=O) groups excluding carboxylic acids is 1. The molecule has 0 atom stereocenters. The van der Waals surface area contributed by atoms with Crippen LogP contribution in [0.15, 0.2) is 24.7 Å². The average Bonchev–Trinajstić information content (AvgIpc) is 3.50. The minimum absolute atomic E-state index is 0.313. The molecule has 1 amide bonds. The molecule has 0 saturated heterocycles. The van der Waals surface area contributed by atoms with Gasteiger partial charge in [-0.05, 0) is 44.7 Å². The van der Waals surface area contributed by atoms with E-state index in [-0.39, 0.29) is 5.91 Å². The van der Waals surface area contributed by atoms with Gasteiger partial charge in [-0.15, -0.1) is 11.3 Å². The van der Waals surface area contributed by atoms with E-state index < -0.39 is 0 Å². The highest BCUT2D eigenvalue weighted by molar-refractivity contribution is 7.16. The molecule has 0 unspecified atom stereocenters. The maximum absolute atomic E-state index is 13.0. The number of nitriles is 1. The highest BCUT2D eigenvalue weighted by Crippen LogP contribution is 2.38. The fourth-order valence-electron chi connectivity index (χ4n) is 4.05. The van der Waals surface area contributed by atoms with Crippen LogP contribution in [-0.2, 0) is 19.4 Å². The zero-order chi connectivity index (χ0) is 20.8. The summed E-state index contributed by atoms with van der Waals surface area (Å²) in [6.45, 7) is 4.83. The molecule has 1 aliphatic carbocycles. The quantitative estimate of drug-likeness (QED) is 0.547. The smallest absolute Gasteiger partial charge is 0.261 e. The van der Waals surface area contributed by atoms with Crippen molar-refractivity contribution in [3.8, 4) is 17.3 Å². The third-order valence-electron chi connectivity index (χ3n) is 5.58. The van der Waals surface area contributed by atoms with Crippen molar-refractivity contribution in [1.82, 2.24) is 24.4 Å². The number of nitrogens with zero attached hydrogens (tertiary/aromatic N) is 6. The van der Waals surface area contributed by atoms with E-state index in [1.54, 1.807) is 16.9 Å². The molecule has 1 aliphatic rings. The first-order valence-electron chi connectivity index (χ1n) is 9.83. The fourth-order valence-corrected chi connectivity index (χ4v) is 5.29. The fraction of sp³-hybridized carbons (Fsp3) is 0.286. The lowest BCUT2D eigenvalue weighted by Crippen LogP contribution is -2.12. The Morgan fingerprint density at radius 2 is 2.20 bits per heavy atom. The van der Waals surface area contributed by atoms with Crippen LogP contribution in [0.2, 0.25) is 0 Å². The molecule has 8 nitrogen and oxygen atoms in total. The van der Waals surface area contributed by atoms with Gasteiger partial charge < -0.3 is 5.32 Å². The summed E-state index contributed by atoms with van der Waals surface area (Å²) < 4.78 is 3.58. The number of amides is 1. The molecule has 4 heterocycles. The summed E-state index contributed by atoms with van der Waals surface area (Å²) in [5.74, 6) is -0.313. The number of aromatic nitrogens is 5. The van der Waals surface area contributed by atoms with Gasteiger partial charge >= 0.3 is 0 Å². The van der Waals surface area contributed by atoms with Crippen LogP contribution in [-0.4, -0.2) is 30.3 Å². The predicted octanol–water partition coefficient (Wildman–Crippen LogP) is 3.60. The molecule has 0 spiro atoms. The number of hydrogen-bond donors (Lipinski definition) is 1. The van der Waals surface area contributed by atoms with Gasteiger partial charge in [0.05, 0.1) is 23.7 Å². The second-order valence-electron chi connectivity index (χ2n) is 7.21. The van der Waals surface area contributed by atoms with Crippen LogP contribution < -0.4 is 5.32 Å². The number of nitrogens with one attached hydrogen (secondary N) is 1. The number of carbonyl (C=O) groups is 1. The molecule has 1 N–H and O–H groups in total. The van der Waals surface area contributed by atoms with Crippen LogP contribution in [0.5, 0.6) is 0 Å². The van der Waals surface area contributed by atoms with Crippen LogP contribution in [0, 0.1) is 18.3 Å². The molecule has 9 heteroatoms. The van der Waals surface area contributed by atoms with E-state index in [9.17, 15) is 10.1 Å². The van der Waals surface area contributed by atoms with Crippen molar-refractivity contribution >= 4 is 27.9 Å². The van der Waals surface area contributed by atoms with Gasteiger partial charge in [0.15, 0.2) is 5.65 Å². The topological polar surface area (TPSA) is 101 Å². The molecule has 0 fully saturated rings. The lowest BCUT2D eigenvalue weighted by Gasteiger charge is -2.06. The molecule has 0 aromatic carbocycles. The van der Waals surface area contributed by atoms with E-state index in [1.807, 2.05) is 24.6 Å². The first kappa shape index (κ1) is 18.5. The Morgan fingerprint density at radius 3 is 2.97 bits per heavy atom.